The molecular weight excluding hydrogens is 406 g/mol. The van der Waals surface area contributed by atoms with Gasteiger partial charge in [0, 0.05) is 45.2 Å². The molecule has 3 fully saturated rings. The van der Waals surface area contributed by atoms with Gasteiger partial charge in [-0.2, -0.15) is 0 Å². The van der Waals surface area contributed by atoms with Gasteiger partial charge >= 0.3 is 0 Å². The van der Waals surface area contributed by atoms with Crippen LogP contribution in [0.3, 0.4) is 0 Å². The first-order valence-electron chi connectivity index (χ1n) is 12.5. The van der Waals surface area contributed by atoms with Crippen molar-refractivity contribution in [1.29, 1.82) is 0 Å². The van der Waals surface area contributed by atoms with Crippen LogP contribution in [-0.2, 0) is 9.53 Å². The first kappa shape index (κ1) is 21.8. The molecule has 2 saturated heterocycles. The number of anilines is 1. The average molecular weight is 444 g/mol. The highest BCUT2D eigenvalue weighted by Crippen LogP contribution is 2.39. The number of benzene rings is 1. The predicted molar refractivity (Wildman–Crippen MR) is 124 cm³/mol. The van der Waals surface area contributed by atoms with Crippen molar-refractivity contribution < 1.29 is 19.0 Å². The molecule has 3 unspecified atom stereocenters. The van der Waals surface area contributed by atoms with Crippen LogP contribution in [0.4, 0.5) is 5.69 Å². The van der Waals surface area contributed by atoms with Crippen LogP contribution in [0.15, 0.2) is 18.2 Å². The lowest BCUT2D eigenvalue weighted by molar-refractivity contribution is -0.125. The van der Waals surface area contributed by atoms with Gasteiger partial charge in [0.2, 0.25) is 5.91 Å². The Balaban J connectivity index is 0.982. The minimum absolute atomic E-state index is 0.222. The number of amides is 1. The van der Waals surface area contributed by atoms with Crippen molar-refractivity contribution in [3.63, 3.8) is 0 Å². The summed E-state index contributed by atoms with van der Waals surface area (Å²) in [6, 6.07) is 6.54. The van der Waals surface area contributed by atoms with Gasteiger partial charge in [0.05, 0.1) is 11.8 Å². The molecule has 1 N–H and O–H groups in total. The SMILES string of the molecule is O=C1CCC2CCC(OCCCCN3CCN(c4cccc5c4OCCO5)CC3)CC2N1. The summed E-state index contributed by atoms with van der Waals surface area (Å²) in [7, 11) is 0. The highest BCUT2D eigenvalue weighted by molar-refractivity contribution is 5.77. The number of unbranched alkanes of at least 4 members (excludes halogenated alkanes) is 1. The summed E-state index contributed by atoms with van der Waals surface area (Å²) < 4.78 is 17.8. The van der Waals surface area contributed by atoms with E-state index in [-0.39, 0.29) is 5.91 Å². The molecule has 3 atom stereocenters. The van der Waals surface area contributed by atoms with Crippen molar-refractivity contribution in [2.45, 2.75) is 57.1 Å². The Morgan fingerprint density at radius 2 is 1.91 bits per heavy atom. The van der Waals surface area contributed by atoms with E-state index in [2.05, 4.69) is 27.2 Å². The molecule has 3 heterocycles. The molecule has 0 radical (unpaired) electrons. The maximum atomic E-state index is 11.7. The van der Waals surface area contributed by atoms with Gasteiger partial charge in [0.1, 0.15) is 13.2 Å². The fourth-order valence-electron chi connectivity index (χ4n) is 5.67. The summed E-state index contributed by atoms with van der Waals surface area (Å²) in [6.45, 7) is 7.43. The van der Waals surface area contributed by atoms with Crippen LogP contribution in [0.25, 0.3) is 0 Å². The van der Waals surface area contributed by atoms with E-state index in [1.54, 1.807) is 0 Å². The molecule has 0 bridgehead atoms. The monoisotopic (exact) mass is 443 g/mol. The van der Waals surface area contributed by atoms with Gasteiger partial charge < -0.3 is 24.4 Å². The molecule has 4 aliphatic rings. The fraction of sp³-hybridized carbons (Fsp3) is 0.720. The third kappa shape index (κ3) is 5.15. The number of hydrogen-bond donors (Lipinski definition) is 1. The van der Waals surface area contributed by atoms with Gasteiger partial charge in [0.25, 0.3) is 0 Å². The number of nitrogens with zero attached hydrogens (tertiary/aromatic N) is 2. The summed E-state index contributed by atoms with van der Waals surface area (Å²) in [5, 5.41) is 3.18. The Labute approximate surface area is 191 Å². The second-order valence-electron chi connectivity index (χ2n) is 9.62. The fourth-order valence-corrected chi connectivity index (χ4v) is 5.67. The largest absolute Gasteiger partial charge is 0.486 e. The van der Waals surface area contributed by atoms with E-state index in [0.717, 1.165) is 76.5 Å². The molecule has 1 aromatic rings. The zero-order chi connectivity index (χ0) is 21.8. The maximum Gasteiger partial charge on any atom is 0.220 e. The Bertz CT molecular complexity index is 780. The Morgan fingerprint density at radius 1 is 1.03 bits per heavy atom. The number of para-hydroxylation sites is 1. The Kier molecular flexibility index (Phi) is 7.03. The number of carbonyl (C=O) groups is 1. The lowest BCUT2D eigenvalue weighted by Gasteiger charge is -2.39. The zero-order valence-corrected chi connectivity index (χ0v) is 19.1. The van der Waals surface area contributed by atoms with E-state index in [4.69, 9.17) is 14.2 Å². The van der Waals surface area contributed by atoms with E-state index in [9.17, 15) is 4.79 Å². The number of hydrogen-bond acceptors (Lipinski definition) is 6. The van der Waals surface area contributed by atoms with Gasteiger partial charge in [-0.05, 0) is 63.1 Å². The number of nitrogens with one attached hydrogen (secondary N) is 1. The number of ether oxygens (including phenoxy) is 3. The lowest BCUT2D eigenvalue weighted by atomic mass is 9.78. The normalized spacial score (nSPS) is 28.2. The molecule has 7 heteroatoms. The topological polar surface area (TPSA) is 63.3 Å². The van der Waals surface area contributed by atoms with Crippen LogP contribution in [0.1, 0.15) is 44.9 Å². The molecule has 0 aromatic heterocycles. The number of fused-ring (bicyclic) bond motifs is 2. The van der Waals surface area contributed by atoms with Crippen LogP contribution in [-0.4, -0.2) is 75.5 Å². The van der Waals surface area contributed by atoms with Crippen molar-refractivity contribution >= 4 is 11.6 Å². The number of piperidine rings is 1. The average Bonchev–Trinajstić information content (AvgIpc) is 2.83. The van der Waals surface area contributed by atoms with E-state index < -0.39 is 0 Å². The Morgan fingerprint density at radius 3 is 2.81 bits per heavy atom. The quantitative estimate of drug-likeness (QED) is 0.654. The van der Waals surface area contributed by atoms with Crippen molar-refractivity contribution in [3.8, 4) is 11.5 Å². The van der Waals surface area contributed by atoms with Crippen LogP contribution >= 0.6 is 0 Å². The van der Waals surface area contributed by atoms with Crippen molar-refractivity contribution in [1.82, 2.24) is 10.2 Å². The number of rotatable bonds is 7. The van der Waals surface area contributed by atoms with E-state index in [1.165, 1.54) is 18.5 Å². The van der Waals surface area contributed by atoms with Crippen LogP contribution in [0, 0.1) is 5.92 Å². The third-order valence-electron chi connectivity index (χ3n) is 7.51. The van der Waals surface area contributed by atoms with E-state index in [0.29, 0.717) is 37.7 Å². The van der Waals surface area contributed by atoms with Gasteiger partial charge in [-0.25, -0.2) is 0 Å². The molecule has 1 amide bonds. The second kappa shape index (κ2) is 10.3. The molecule has 32 heavy (non-hydrogen) atoms. The molecule has 1 aromatic carbocycles. The number of carbonyl (C=O) groups excluding carboxylic acids is 1. The maximum absolute atomic E-state index is 11.7. The minimum Gasteiger partial charge on any atom is -0.486 e. The van der Waals surface area contributed by atoms with Crippen molar-refractivity contribution in [2.24, 2.45) is 5.92 Å². The summed E-state index contributed by atoms with van der Waals surface area (Å²) in [5.41, 5.74) is 1.17. The van der Waals surface area contributed by atoms with Gasteiger partial charge in [-0.1, -0.05) is 6.07 Å². The minimum atomic E-state index is 0.222. The molecule has 5 rings (SSSR count). The highest BCUT2D eigenvalue weighted by atomic mass is 16.6. The molecule has 7 nitrogen and oxygen atoms in total. The first-order chi connectivity index (χ1) is 15.8. The molecule has 0 spiro atoms. The zero-order valence-electron chi connectivity index (χ0n) is 19.1. The standard InChI is InChI=1S/C25H37N3O4/c29-24-9-7-19-6-8-20(18-21(19)26-24)30-15-2-1-10-27-11-13-28(14-12-27)22-4-3-5-23-25(22)32-17-16-31-23/h3-5,19-21H,1-2,6-18H2,(H,26,29). The van der Waals surface area contributed by atoms with Gasteiger partial charge in [-0.3, -0.25) is 9.69 Å². The van der Waals surface area contributed by atoms with Crippen LogP contribution in [0.2, 0.25) is 0 Å². The molecular formula is C25H37N3O4. The van der Waals surface area contributed by atoms with Gasteiger partial charge in [-0.15, -0.1) is 0 Å². The molecule has 1 saturated carbocycles. The van der Waals surface area contributed by atoms with Crippen LogP contribution in [0.5, 0.6) is 11.5 Å². The third-order valence-corrected chi connectivity index (χ3v) is 7.51. The molecule has 176 valence electrons. The summed E-state index contributed by atoms with van der Waals surface area (Å²) >= 11 is 0. The molecule has 1 aliphatic carbocycles. The summed E-state index contributed by atoms with van der Waals surface area (Å²) in [6.07, 6.45) is 7.71. The molecule has 3 aliphatic heterocycles. The van der Waals surface area contributed by atoms with E-state index >= 15 is 0 Å². The van der Waals surface area contributed by atoms with Crippen molar-refractivity contribution in [3.05, 3.63) is 18.2 Å². The highest BCUT2D eigenvalue weighted by Gasteiger charge is 2.34. The first-order valence-corrected chi connectivity index (χ1v) is 12.5. The summed E-state index contributed by atoms with van der Waals surface area (Å²) in [4.78, 5) is 16.7. The Hall–Kier alpha value is -1.99. The van der Waals surface area contributed by atoms with E-state index in [1.807, 2.05) is 6.07 Å². The van der Waals surface area contributed by atoms with Gasteiger partial charge in [0.15, 0.2) is 11.5 Å². The summed E-state index contributed by atoms with van der Waals surface area (Å²) in [5.74, 6) is 2.67. The number of piperazine rings is 1. The van der Waals surface area contributed by atoms with Crippen molar-refractivity contribution in [2.75, 3.05) is 57.4 Å². The van der Waals surface area contributed by atoms with Crippen LogP contribution < -0.4 is 19.7 Å². The smallest absolute Gasteiger partial charge is 0.220 e. The lowest BCUT2D eigenvalue weighted by Crippen LogP contribution is -2.49. The predicted octanol–water partition coefficient (Wildman–Crippen LogP) is 2.82. The second-order valence-corrected chi connectivity index (χ2v) is 9.62.